The molecule has 0 amide bonds. The van der Waals surface area contributed by atoms with Crippen molar-refractivity contribution in [2.75, 3.05) is 26.2 Å². The SMILES string of the molecule is CCCCCN1CCNCC1(c1ccccc1)c1ccccc1. The van der Waals surface area contributed by atoms with Gasteiger partial charge in [0.25, 0.3) is 0 Å². The third-order valence-electron chi connectivity index (χ3n) is 5.01. The Balaban J connectivity index is 2.02. The fourth-order valence-corrected chi connectivity index (χ4v) is 3.80. The topological polar surface area (TPSA) is 15.3 Å². The van der Waals surface area contributed by atoms with Crippen molar-refractivity contribution in [3.05, 3.63) is 71.8 Å². The molecule has 2 nitrogen and oxygen atoms in total. The standard InChI is InChI=1S/C21H28N2/c1-2-3-10-16-23-17-15-22-18-21(23,19-11-6-4-7-12-19)20-13-8-5-9-14-20/h4-9,11-14,22H,2-3,10,15-18H2,1H3. The molecule has 1 saturated heterocycles. The van der Waals surface area contributed by atoms with Gasteiger partial charge in [-0.2, -0.15) is 0 Å². The van der Waals surface area contributed by atoms with E-state index in [1.165, 1.54) is 36.9 Å². The lowest BCUT2D eigenvalue weighted by atomic mass is 9.79. The third kappa shape index (κ3) is 3.34. The second-order valence-electron chi connectivity index (χ2n) is 6.46. The lowest BCUT2D eigenvalue weighted by Gasteiger charge is -2.48. The van der Waals surface area contributed by atoms with E-state index in [0.29, 0.717) is 0 Å². The average molecular weight is 308 g/mol. The molecular weight excluding hydrogens is 280 g/mol. The molecule has 3 rings (SSSR count). The zero-order valence-electron chi connectivity index (χ0n) is 14.2. The molecule has 0 spiro atoms. The summed E-state index contributed by atoms with van der Waals surface area (Å²) in [5.41, 5.74) is 2.75. The van der Waals surface area contributed by atoms with Crippen molar-refractivity contribution in [3.8, 4) is 0 Å². The van der Waals surface area contributed by atoms with Crippen molar-refractivity contribution in [1.29, 1.82) is 0 Å². The molecule has 0 radical (unpaired) electrons. The molecule has 0 aliphatic carbocycles. The van der Waals surface area contributed by atoms with Gasteiger partial charge in [-0.3, -0.25) is 4.90 Å². The molecule has 1 heterocycles. The maximum atomic E-state index is 3.65. The monoisotopic (exact) mass is 308 g/mol. The first kappa shape index (κ1) is 16.2. The number of benzene rings is 2. The Bertz CT molecular complexity index is 540. The van der Waals surface area contributed by atoms with Crippen LogP contribution in [-0.2, 0) is 5.54 Å². The number of unbranched alkanes of at least 4 members (excludes halogenated alkanes) is 2. The highest BCUT2D eigenvalue weighted by atomic mass is 15.3. The van der Waals surface area contributed by atoms with Gasteiger partial charge in [0.2, 0.25) is 0 Å². The van der Waals surface area contributed by atoms with Crippen LogP contribution in [0.15, 0.2) is 60.7 Å². The van der Waals surface area contributed by atoms with Crippen LogP contribution in [0.25, 0.3) is 0 Å². The molecule has 122 valence electrons. The molecule has 1 aliphatic rings. The highest BCUT2D eigenvalue weighted by Crippen LogP contribution is 2.37. The molecule has 0 aromatic heterocycles. The van der Waals surface area contributed by atoms with E-state index in [9.17, 15) is 0 Å². The van der Waals surface area contributed by atoms with Gasteiger partial charge in [-0.25, -0.2) is 0 Å². The summed E-state index contributed by atoms with van der Waals surface area (Å²) in [5, 5.41) is 3.65. The molecule has 2 aromatic rings. The van der Waals surface area contributed by atoms with E-state index in [2.05, 4.69) is 77.8 Å². The number of rotatable bonds is 6. The van der Waals surface area contributed by atoms with E-state index in [1.807, 2.05) is 0 Å². The first-order valence-corrected chi connectivity index (χ1v) is 8.95. The van der Waals surface area contributed by atoms with Crippen LogP contribution >= 0.6 is 0 Å². The molecule has 1 N–H and O–H groups in total. The van der Waals surface area contributed by atoms with Crippen molar-refractivity contribution in [2.45, 2.75) is 31.7 Å². The normalized spacial score (nSPS) is 18.0. The Morgan fingerprint density at radius 2 is 1.52 bits per heavy atom. The predicted molar refractivity (Wildman–Crippen MR) is 97.6 cm³/mol. The number of nitrogens with zero attached hydrogens (tertiary/aromatic N) is 1. The number of hydrogen-bond donors (Lipinski definition) is 1. The minimum absolute atomic E-state index is 0.0471. The molecule has 0 unspecified atom stereocenters. The molecule has 0 saturated carbocycles. The van der Waals surface area contributed by atoms with Crippen LogP contribution in [0, 0.1) is 0 Å². The molecule has 1 aliphatic heterocycles. The first-order valence-electron chi connectivity index (χ1n) is 8.95. The molecule has 23 heavy (non-hydrogen) atoms. The lowest BCUT2D eigenvalue weighted by Crippen LogP contribution is -2.59. The first-order chi connectivity index (χ1) is 11.4. The van der Waals surface area contributed by atoms with Gasteiger partial charge in [-0.15, -0.1) is 0 Å². The number of hydrogen-bond acceptors (Lipinski definition) is 2. The van der Waals surface area contributed by atoms with Gasteiger partial charge >= 0.3 is 0 Å². The Labute approximate surface area is 140 Å². The zero-order valence-corrected chi connectivity index (χ0v) is 14.2. The van der Waals surface area contributed by atoms with Crippen LogP contribution in [0.1, 0.15) is 37.3 Å². The van der Waals surface area contributed by atoms with Crippen molar-refractivity contribution < 1.29 is 0 Å². The molecule has 2 heteroatoms. The van der Waals surface area contributed by atoms with Gasteiger partial charge in [0.15, 0.2) is 0 Å². The third-order valence-corrected chi connectivity index (χ3v) is 5.01. The van der Waals surface area contributed by atoms with Crippen LogP contribution in [0.5, 0.6) is 0 Å². The van der Waals surface area contributed by atoms with Crippen LogP contribution in [-0.4, -0.2) is 31.1 Å². The number of piperazine rings is 1. The highest BCUT2D eigenvalue weighted by Gasteiger charge is 2.41. The van der Waals surface area contributed by atoms with Crippen LogP contribution in [0.2, 0.25) is 0 Å². The Morgan fingerprint density at radius 3 is 2.09 bits per heavy atom. The van der Waals surface area contributed by atoms with E-state index in [4.69, 9.17) is 0 Å². The Morgan fingerprint density at radius 1 is 0.913 bits per heavy atom. The Kier molecular flexibility index (Phi) is 5.47. The van der Waals surface area contributed by atoms with Crippen molar-refractivity contribution in [2.24, 2.45) is 0 Å². The summed E-state index contributed by atoms with van der Waals surface area (Å²) in [6.07, 6.45) is 3.86. The molecule has 0 bridgehead atoms. The maximum Gasteiger partial charge on any atom is 0.0842 e. The molecule has 0 atom stereocenters. The fourth-order valence-electron chi connectivity index (χ4n) is 3.80. The zero-order chi connectivity index (χ0) is 16.0. The summed E-state index contributed by atoms with van der Waals surface area (Å²) in [4.78, 5) is 2.70. The van der Waals surface area contributed by atoms with Gasteiger partial charge in [0.05, 0.1) is 5.54 Å². The van der Waals surface area contributed by atoms with E-state index in [0.717, 1.165) is 19.6 Å². The van der Waals surface area contributed by atoms with Crippen LogP contribution in [0.4, 0.5) is 0 Å². The molecular formula is C21H28N2. The summed E-state index contributed by atoms with van der Waals surface area (Å²) in [6, 6.07) is 22.0. The minimum Gasteiger partial charge on any atom is -0.313 e. The van der Waals surface area contributed by atoms with E-state index >= 15 is 0 Å². The maximum absolute atomic E-state index is 3.65. The van der Waals surface area contributed by atoms with Gasteiger partial charge in [-0.05, 0) is 24.1 Å². The van der Waals surface area contributed by atoms with Gasteiger partial charge in [-0.1, -0.05) is 80.4 Å². The predicted octanol–water partition coefficient (Wildman–Crippen LogP) is 4.03. The lowest BCUT2D eigenvalue weighted by molar-refractivity contribution is 0.0892. The van der Waals surface area contributed by atoms with Crippen LogP contribution < -0.4 is 5.32 Å². The molecule has 1 fully saturated rings. The van der Waals surface area contributed by atoms with Crippen molar-refractivity contribution >= 4 is 0 Å². The van der Waals surface area contributed by atoms with Gasteiger partial charge in [0.1, 0.15) is 0 Å². The summed E-state index contributed by atoms with van der Waals surface area (Å²) in [7, 11) is 0. The van der Waals surface area contributed by atoms with E-state index in [1.54, 1.807) is 0 Å². The number of nitrogens with one attached hydrogen (secondary N) is 1. The highest BCUT2D eigenvalue weighted by molar-refractivity contribution is 5.40. The fraction of sp³-hybridized carbons (Fsp3) is 0.429. The second kappa shape index (κ2) is 7.76. The molecule has 2 aromatic carbocycles. The van der Waals surface area contributed by atoms with Gasteiger partial charge in [0, 0.05) is 19.6 Å². The van der Waals surface area contributed by atoms with Gasteiger partial charge < -0.3 is 5.32 Å². The van der Waals surface area contributed by atoms with Crippen molar-refractivity contribution in [1.82, 2.24) is 10.2 Å². The smallest absolute Gasteiger partial charge is 0.0842 e. The summed E-state index contributed by atoms with van der Waals surface area (Å²) >= 11 is 0. The minimum atomic E-state index is -0.0471. The quantitative estimate of drug-likeness (QED) is 0.811. The largest absolute Gasteiger partial charge is 0.313 e. The Hall–Kier alpha value is -1.64. The van der Waals surface area contributed by atoms with E-state index < -0.39 is 0 Å². The summed E-state index contributed by atoms with van der Waals surface area (Å²) in [5.74, 6) is 0. The summed E-state index contributed by atoms with van der Waals surface area (Å²) < 4.78 is 0. The second-order valence-corrected chi connectivity index (χ2v) is 6.46. The van der Waals surface area contributed by atoms with Crippen molar-refractivity contribution in [3.63, 3.8) is 0 Å². The van der Waals surface area contributed by atoms with Crippen LogP contribution in [0.3, 0.4) is 0 Å². The van der Waals surface area contributed by atoms with E-state index in [-0.39, 0.29) is 5.54 Å². The summed E-state index contributed by atoms with van der Waals surface area (Å²) in [6.45, 7) is 6.60. The average Bonchev–Trinajstić information content (AvgIpc) is 2.64.